The van der Waals surface area contributed by atoms with Crippen LogP contribution in [0, 0.1) is 0 Å². The maximum atomic E-state index is 11.9. The number of urea groups is 1. The molecule has 2 amide bonds. The molecule has 0 spiro atoms. The zero-order chi connectivity index (χ0) is 15.5. The van der Waals surface area contributed by atoms with Crippen molar-refractivity contribution in [3.8, 4) is 0 Å². The second-order valence-electron chi connectivity index (χ2n) is 5.05. The van der Waals surface area contributed by atoms with E-state index in [0.29, 0.717) is 36.6 Å². The normalized spacial score (nSPS) is 17.4. The zero-order valence-electron chi connectivity index (χ0n) is 11.7. The van der Waals surface area contributed by atoms with Gasteiger partial charge in [-0.15, -0.1) is 0 Å². The molecule has 1 aliphatic rings. The Labute approximate surface area is 129 Å². The SMILES string of the molecule is CS(=O)(=O)N1CCC(NC(=O)Nc2cccc(Cl)c2)CC1. The van der Waals surface area contributed by atoms with Crippen LogP contribution in [0.15, 0.2) is 24.3 Å². The van der Waals surface area contributed by atoms with Gasteiger partial charge >= 0.3 is 6.03 Å². The minimum absolute atomic E-state index is 0.0258. The summed E-state index contributed by atoms with van der Waals surface area (Å²) < 4.78 is 24.2. The average molecular weight is 332 g/mol. The molecule has 0 radical (unpaired) electrons. The number of rotatable bonds is 3. The zero-order valence-corrected chi connectivity index (χ0v) is 13.2. The molecule has 0 saturated carbocycles. The van der Waals surface area contributed by atoms with E-state index in [9.17, 15) is 13.2 Å². The maximum absolute atomic E-state index is 11.9. The fraction of sp³-hybridized carbons (Fsp3) is 0.462. The third kappa shape index (κ3) is 4.87. The van der Waals surface area contributed by atoms with E-state index in [1.54, 1.807) is 24.3 Å². The fourth-order valence-electron chi connectivity index (χ4n) is 2.25. The van der Waals surface area contributed by atoms with Crippen LogP contribution in [0.4, 0.5) is 10.5 Å². The van der Waals surface area contributed by atoms with Gasteiger partial charge in [-0.1, -0.05) is 17.7 Å². The number of amides is 2. The summed E-state index contributed by atoms with van der Waals surface area (Å²) in [6.07, 6.45) is 2.42. The smallest absolute Gasteiger partial charge is 0.319 e. The lowest BCUT2D eigenvalue weighted by molar-refractivity contribution is 0.238. The molecule has 116 valence electrons. The Morgan fingerprint density at radius 3 is 2.57 bits per heavy atom. The number of hydrogen-bond donors (Lipinski definition) is 2. The number of nitrogens with zero attached hydrogens (tertiary/aromatic N) is 1. The Balaban J connectivity index is 1.82. The number of hydrogen-bond acceptors (Lipinski definition) is 3. The molecule has 1 aromatic rings. The molecule has 1 aliphatic heterocycles. The Morgan fingerprint density at radius 1 is 1.33 bits per heavy atom. The summed E-state index contributed by atoms with van der Waals surface area (Å²) in [5, 5.41) is 6.10. The minimum Gasteiger partial charge on any atom is -0.335 e. The quantitative estimate of drug-likeness (QED) is 0.887. The van der Waals surface area contributed by atoms with Crippen molar-refractivity contribution >= 4 is 33.3 Å². The number of benzene rings is 1. The van der Waals surface area contributed by atoms with Crippen LogP contribution < -0.4 is 10.6 Å². The number of nitrogens with one attached hydrogen (secondary N) is 2. The average Bonchev–Trinajstić information content (AvgIpc) is 2.38. The second-order valence-corrected chi connectivity index (χ2v) is 7.46. The van der Waals surface area contributed by atoms with E-state index in [4.69, 9.17) is 11.6 Å². The van der Waals surface area contributed by atoms with Crippen molar-refractivity contribution < 1.29 is 13.2 Å². The van der Waals surface area contributed by atoms with Crippen molar-refractivity contribution in [3.05, 3.63) is 29.3 Å². The van der Waals surface area contributed by atoms with Crippen LogP contribution in [0.1, 0.15) is 12.8 Å². The van der Waals surface area contributed by atoms with Crippen LogP contribution in [0.25, 0.3) is 0 Å². The third-order valence-corrected chi connectivity index (χ3v) is 4.88. The van der Waals surface area contributed by atoms with Gasteiger partial charge in [-0.25, -0.2) is 17.5 Å². The van der Waals surface area contributed by atoms with Gasteiger partial charge in [0.05, 0.1) is 6.26 Å². The topological polar surface area (TPSA) is 78.5 Å². The van der Waals surface area contributed by atoms with Crippen LogP contribution in [-0.2, 0) is 10.0 Å². The lowest BCUT2D eigenvalue weighted by Crippen LogP contribution is -2.47. The van der Waals surface area contributed by atoms with E-state index in [1.165, 1.54) is 10.6 Å². The largest absolute Gasteiger partial charge is 0.335 e. The van der Waals surface area contributed by atoms with Gasteiger partial charge in [-0.05, 0) is 31.0 Å². The first-order valence-electron chi connectivity index (χ1n) is 6.63. The van der Waals surface area contributed by atoms with Crippen LogP contribution in [0.2, 0.25) is 5.02 Å². The van der Waals surface area contributed by atoms with Gasteiger partial charge in [0.15, 0.2) is 0 Å². The molecule has 1 fully saturated rings. The lowest BCUT2D eigenvalue weighted by Gasteiger charge is -2.30. The Bertz CT molecular complexity index is 613. The number of sulfonamides is 1. The van der Waals surface area contributed by atoms with Crippen LogP contribution in [0.3, 0.4) is 0 Å². The van der Waals surface area contributed by atoms with Crippen LogP contribution in [-0.4, -0.2) is 44.1 Å². The summed E-state index contributed by atoms with van der Waals surface area (Å²) in [6.45, 7) is 0.863. The summed E-state index contributed by atoms with van der Waals surface area (Å²) in [7, 11) is -3.14. The van der Waals surface area contributed by atoms with E-state index >= 15 is 0 Å². The molecule has 2 N–H and O–H groups in total. The van der Waals surface area contributed by atoms with Gasteiger partial charge in [-0.3, -0.25) is 0 Å². The highest BCUT2D eigenvalue weighted by molar-refractivity contribution is 7.88. The van der Waals surface area contributed by atoms with Gasteiger partial charge in [0.1, 0.15) is 0 Å². The molecule has 0 aliphatic carbocycles. The summed E-state index contributed by atoms with van der Waals surface area (Å²) in [5.41, 5.74) is 0.619. The van der Waals surface area contributed by atoms with Gasteiger partial charge in [-0.2, -0.15) is 0 Å². The first kappa shape index (κ1) is 16.1. The lowest BCUT2D eigenvalue weighted by atomic mass is 10.1. The molecule has 2 rings (SSSR count). The molecule has 1 aromatic carbocycles. The molecule has 0 atom stereocenters. The van der Waals surface area contributed by atoms with Gasteiger partial charge in [0.2, 0.25) is 10.0 Å². The van der Waals surface area contributed by atoms with E-state index in [-0.39, 0.29) is 12.1 Å². The van der Waals surface area contributed by atoms with Crippen molar-refractivity contribution in [1.29, 1.82) is 0 Å². The third-order valence-electron chi connectivity index (χ3n) is 3.34. The maximum Gasteiger partial charge on any atom is 0.319 e. The molecule has 21 heavy (non-hydrogen) atoms. The molecule has 0 bridgehead atoms. The number of halogens is 1. The summed E-state index contributed by atoms with van der Waals surface area (Å²) in [5.74, 6) is 0. The predicted octanol–water partition coefficient (Wildman–Crippen LogP) is 1.89. The predicted molar refractivity (Wildman–Crippen MR) is 83.0 cm³/mol. The molecule has 0 aromatic heterocycles. The second kappa shape index (κ2) is 6.64. The number of anilines is 1. The minimum atomic E-state index is -3.14. The number of carbonyl (C=O) groups excluding carboxylic acids is 1. The van der Waals surface area contributed by atoms with Crippen molar-refractivity contribution in [2.24, 2.45) is 0 Å². The molecular weight excluding hydrogens is 314 g/mol. The van der Waals surface area contributed by atoms with E-state index in [0.717, 1.165) is 0 Å². The number of carbonyl (C=O) groups is 1. The molecule has 6 nitrogen and oxygen atoms in total. The Hall–Kier alpha value is -1.31. The summed E-state index contributed by atoms with van der Waals surface area (Å²) >= 11 is 5.84. The van der Waals surface area contributed by atoms with E-state index in [1.807, 2.05) is 0 Å². The van der Waals surface area contributed by atoms with Crippen LogP contribution in [0.5, 0.6) is 0 Å². The highest BCUT2D eigenvalue weighted by atomic mass is 35.5. The number of piperidine rings is 1. The van der Waals surface area contributed by atoms with E-state index in [2.05, 4.69) is 10.6 Å². The van der Waals surface area contributed by atoms with E-state index < -0.39 is 10.0 Å². The van der Waals surface area contributed by atoms with Gasteiger partial charge in [0, 0.05) is 29.8 Å². The summed E-state index contributed by atoms with van der Waals surface area (Å²) in [6, 6.07) is 6.55. The van der Waals surface area contributed by atoms with Crippen molar-refractivity contribution in [3.63, 3.8) is 0 Å². The molecule has 0 unspecified atom stereocenters. The van der Waals surface area contributed by atoms with Crippen molar-refractivity contribution in [1.82, 2.24) is 9.62 Å². The standard InChI is InChI=1S/C13H18ClN3O3S/c1-21(19,20)17-7-5-11(6-8-17)15-13(18)16-12-4-2-3-10(14)9-12/h2-4,9,11H,5-8H2,1H3,(H2,15,16,18). The first-order valence-corrected chi connectivity index (χ1v) is 8.85. The molecular formula is C13H18ClN3O3S. The molecule has 8 heteroatoms. The Morgan fingerprint density at radius 2 is 2.00 bits per heavy atom. The highest BCUT2D eigenvalue weighted by Crippen LogP contribution is 2.16. The monoisotopic (exact) mass is 331 g/mol. The summed E-state index contributed by atoms with van der Waals surface area (Å²) in [4.78, 5) is 11.9. The highest BCUT2D eigenvalue weighted by Gasteiger charge is 2.25. The van der Waals surface area contributed by atoms with Crippen molar-refractivity contribution in [2.45, 2.75) is 18.9 Å². The van der Waals surface area contributed by atoms with Gasteiger partial charge < -0.3 is 10.6 Å². The van der Waals surface area contributed by atoms with Crippen LogP contribution >= 0.6 is 11.6 Å². The van der Waals surface area contributed by atoms with Gasteiger partial charge in [0.25, 0.3) is 0 Å². The van der Waals surface area contributed by atoms with Crippen molar-refractivity contribution in [2.75, 3.05) is 24.7 Å². The fourth-order valence-corrected chi connectivity index (χ4v) is 3.31. The Kier molecular flexibility index (Phi) is 5.08. The molecule has 1 heterocycles. The first-order chi connectivity index (χ1) is 9.84. The molecule has 1 saturated heterocycles.